The van der Waals surface area contributed by atoms with Gasteiger partial charge in [-0.2, -0.15) is 0 Å². The molecule has 1 unspecified atom stereocenters. The van der Waals surface area contributed by atoms with Crippen molar-refractivity contribution >= 4 is 5.91 Å². The monoisotopic (exact) mass is 287 g/mol. The number of unbranched alkanes of at least 4 members (excludes halogenated alkanes) is 7. The van der Waals surface area contributed by atoms with Crippen molar-refractivity contribution in [2.75, 3.05) is 13.5 Å². The predicted molar refractivity (Wildman–Crippen MR) is 82.0 cm³/mol. The van der Waals surface area contributed by atoms with Crippen LogP contribution in [0.5, 0.6) is 0 Å². The van der Waals surface area contributed by atoms with Crippen LogP contribution in [0.25, 0.3) is 0 Å². The van der Waals surface area contributed by atoms with Gasteiger partial charge in [0.1, 0.15) is 13.5 Å². The van der Waals surface area contributed by atoms with E-state index >= 15 is 0 Å². The summed E-state index contributed by atoms with van der Waals surface area (Å²) in [6.07, 6.45) is 11.7. The molecule has 0 aliphatic rings. The minimum Gasteiger partial charge on any atom is -0.376 e. The van der Waals surface area contributed by atoms with E-state index in [2.05, 4.69) is 6.92 Å². The van der Waals surface area contributed by atoms with Gasteiger partial charge in [-0.15, -0.1) is 0 Å². The number of rotatable bonds is 13. The summed E-state index contributed by atoms with van der Waals surface area (Å²) >= 11 is 0. The smallest absolute Gasteiger partial charge is 0.229 e. The first-order chi connectivity index (χ1) is 9.71. The highest BCUT2D eigenvalue weighted by Crippen LogP contribution is 2.17. The van der Waals surface area contributed by atoms with Gasteiger partial charge in [-0.3, -0.25) is 9.69 Å². The number of amides is 1. The van der Waals surface area contributed by atoms with Crippen LogP contribution in [0, 0.1) is 5.92 Å². The zero-order valence-corrected chi connectivity index (χ0v) is 13.3. The maximum atomic E-state index is 12.0. The van der Waals surface area contributed by atoms with E-state index in [1.807, 2.05) is 6.92 Å². The van der Waals surface area contributed by atoms with Crippen molar-refractivity contribution < 1.29 is 15.0 Å². The molecule has 1 amide bonds. The molecule has 20 heavy (non-hydrogen) atoms. The maximum Gasteiger partial charge on any atom is 0.229 e. The first-order valence-corrected chi connectivity index (χ1v) is 8.21. The van der Waals surface area contributed by atoms with Gasteiger partial charge in [-0.25, -0.2) is 0 Å². The van der Waals surface area contributed by atoms with Crippen LogP contribution >= 0.6 is 0 Å². The Kier molecular flexibility index (Phi) is 13.0. The van der Waals surface area contributed by atoms with Crippen LogP contribution in [0.1, 0.15) is 78.1 Å². The summed E-state index contributed by atoms with van der Waals surface area (Å²) in [4.78, 5) is 13.1. The first kappa shape index (κ1) is 19.4. The fourth-order valence-corrected chi connectivity index (χ4v) is 2.47. The summed E-state index contributed by atoms with van der Waals surface area (Å²) in [5.41, 5.74) is 0. The van der Waals surface area contributed by atoms with E-state index in [4.69, 9.17) is 10.2 Å². The molecular weight excluding hydrogens is 254 g/mol. The third-order valence-electron chi connectivity index (χ3n) is 3.90. The molecular formula is C16H33NO3. The molecule has 1 atom stereocenters. The highest BCUT2D eigenvalue weighted by molar-refractivity contribution is 5.78. The molecule has 0 aromatic heterocycles. The van der Waals surface area contributed by atoms with E-state index in [0.29, 0.717) is 0 Å². The van der Waals surface area contributed by atoms with Gasteiger partial charge in [0.05, 0.1) is 0 Å². The van der Waals surface area contributed by atoms with Gasteiger partial charge in [0.2, 0.25) is 5.91 Å². The van der Waals surface area contributed by atoms with Gasteiger partial charge in [-0.05, 0) is 12.8 Å². The Labute approximate surface area is 124 Å². The number of nitrogens with zero attached hydrogens (tertiary/aromatic N) is 1. The largest absolute Gasteiger partial charge is 0.376 e. The number of aliphatic hydroxyl groups excluding tert-OH is 2. The lowest BCUT2D eigenvalue weighted by Crippen LogP contribution is -2.37. The molecule has 0 spiro atoms. The lowest BCUT2D eigenvalue weighted by molar-refractivity contribution is -0.144. The average Bonchev–Trinajstić information content (AvgIpc) is 2.47. The topological polar surface area (TPSA) is 60.8 Å². The minimum absolute atomic E-state index is 0.0607. The van der Waals surface area contributed by atoms with Crippen molar-refractivity contribution in [1.29, 1.82) is 0 Å². The molecule has 0 saturated carbocycles. The Morgan fingerprint density at radius 1 is 0.900 bits per heavy atom. The standard InChI is InChI=1S/C16H33NO3/c1-3-5-6-7-8-9-10-11-12-15(4-2)16(20)17(13-18)14-19/h15,18-19H,3-14H2,1-2H3. The molecule has 0 bridgehead atoms. The van der Waals surface area contributed by atoms with Crippen molar-refractivity contribution in [3.63, 3.8) is 0 Å². The number of hydrogen-bond acceptors (Lipinski definition) is 3. The molecule has 2 N–H and O–H groups in total. The molecule has 0 aromatic rings. The summed E-state index contributed by atoms with van der Waals surface area (Å²) in [5, 5.41) is 18.0. The highest BCUT2D eigenvalue weighted by atomic mass is 16.3. The Morgan fingerprint density at radius 3 is 1.85 bits per heavy atom. The SMILES string of the molecule is CCCCCCCCCCC(CC)C(=O)N(CO)CO. The lowest BCUT2D eigenvalue weighted by Gasteiger charge is -2.22. The minimum atomic E-state index is -0.400. The van der Waals surface area contributed by atoms with Crippen LogP contribution in [-0.2, 0) is 4.79 Å². The molecule has 0 fully saturated rings. The van der Waals surface area contributed by atoms with E-state index in [1.165, 1.54) is 44.9 Å². The molecule has 120 valence electrons. The van der Waals surface area contributed by atoms with E-state index in [9.17, 15) is 4.79 Å². The normalized spacial score (nSPS) is 12.4. The van der Waals surface area contributed by atoms with Crippen LogP contribution in [-0.4, -0.2) is 34.5 Å². The summed E-state index contributed by atoms with van der Waals surface area (Å²) in [7, 11) is 0. The first-order valence-electron chi connectivity index (χ1n) is 8.21. The summed E-state index contributed by atoms with van der Waals surface area (Å²) in [5.74, 6) is -0.185. The zero-order valence-electron chi connectivity index (χ0n) is 13.3. The third-order valence-corrected chi connectivity index (χ3v) is 3.90. The average molecular weight is 287 g/mol. The van der Waals surface area contributed by atoms with Crippen molar-refractivity contribution in [2.45, 2.75) is 78.1 Å². The maximum absolute atomic E-state index is 12.0. The fraction of sp³-hybridized carbons (Fsp3) is 0.938. The van der Waals surface area contributed by atoms with Crippen LogP contribution < -0.4 is 0 Å². The van der Waals surface area contributed by atoms with Crippen molar-refractivity contribution in [3.8, 4) is 0 Å². The quantitative estimate of drug-likeness (QED) is 0.404. The zero-order chi connectivity index (χ0) is 15.2. The van der Waals surface area contributed by atoms with E-state index in [0.717, 1.165) is 24.2 Å². The number of carbonyl (C=O) groups excluding carboxylic acids is 1. The summed E-state index contributed by atoms with van der Waals surface area (Å²) in [6, 6.07) is 0. The molecule has 0 aromatic carbocycles. The van der Waals surface area contributed by atoms with Gasteiger partial charge in [0, 0.05) is 5.92 Å². The molecule has 0 aliphatic heterocycles. The van der Waals surface area contributed by atoms with Crippen molar-refractivity contribution in [2.24, 2.45) is 5.92 Å². The number of hydrogen-bond donors (Lipinski definition) is 2. The summed E-state index contributed by atoms with van der Waals surface area (Å²) in [6.45, 7) is 3.41. The van der Waals surface area contributed by atoms with Gasteiger partial charge in [0.15, 0.2) is 0 Å². The van der Waals surface area contributed by atoms with Crippen LogP contribution in [0.2, 0.25) is 0 Å². The summed E-state index contributed by atoms with van der Waals surface area (Å²) < 4.78 is 0. The molecule has 0 aliphatic carbocycles. The Hall–Kier alpha value is -0.610. The van der Waals surface area contributed by atoms with Crippen LogP contribution in [0.3, 0.4) is 0 Å². The van der Waals surface area contributed by atoms with Crippen LogP contribution in [0.4, 0.5) is 0 Å². The van der Waals surface area contributed by atoms with Crippen molar-refractivity contribution in [1.82, 2.24) is 4.90 Å². The number of aliphatic hydroxyl groups is 2. The molecule has 0 heterocycles. The highest BCUT2D eigenvalue weighted by Gasteiger charge is 2.21. The lowest BCUT2D eigenvalue weighted by atomic mass is 9.96. The van der Waals surface area contributed by atoms with Gasteiger partial charge in [0.25, 0.3) is 0 Å². The van der Waals surface area contributed by atoms with E-state index in [-0.39, 0.29) is 11.8 Å². The molecule has 4 heteroatoms. The van der Waals surface area contributed by atoms with Gasteiger partial charge >= 0.3 is 0 Å². The fourth-order valence-electron chi connectivity index (χ4n) is 2.47. The van der Waals surface area contributed by atoms with Crippen molar-refractivity contribution in [3.05, 3.63) is 0 Å². The molecule has 4 nitrogen and oxygen atoms in total. The molecule has 0 saturated heterocycles. The van der Waals surface area contributed by atoms with E-state index < -0.39 is 13.5 Å². The molecule has 0 radical (unpaired) electrons. The third kappa shape index (κ3) is 8.54. The second-order valence-corrected chi connectivity index (χ2v) is 5.53. The van der Waals surface area contributed by atoms with Gasteiger partial charge < -0.3 is 10.2 Å². The Balaban J connectivity index is 3.71. The second kappa shape index (κ2) is 13.4. The predicted octanol–water partition coefficient (Wildman–Crippen LogP) is 3.27. The van der Waals surface area contributed by atoms with Gasteiger partial charge in [-0.1, -0.05) is 65.2 Å². The van der Waals surface area contributed by atoms with Crippen LogP contribution in [0.15, 0.2) is 0 Å². The number of carbonyl (C=O) groups is 1. The second-order valence-electron chi connectivity index (χ2n) is 5.53. The Bertz CT molecular complexity index is 230. The van der Waals surface area contributed by atoms with E-state index in [1.54, 1.807) is 0 Å². The molecule has 0 rings (SSSR count). The Morgan fingerprint density at radius 2 is 1.40 bits per heavy atom.